The van der Waals surface area contributed by atoms with Crippen LogP contribution >= 0.6 is 11.8 Å². The number of thioether (sulfide) groups is 1. The van der Waals surface area contributed by atoms with E-state index in [0.717, 1.165) is 37.4 Å². The maximum atomic E-state index is 12.3. The van der Waals surface area contributed by atoms with Crippen LogP contribution in [-0.4, -0.2) is 36.2 Å². The third kappa shape index (κ3) is 3.32. The second-order valence-electron chi connectivity index (χ2n) is 5.81. The second kappa shape index (κ2) is 6.23. The minimum absolute atomic E-state index is 0.205. The van der Waals surface area contributed by atoms with Crippen molar-refractivity contribution in [1.82, 2.24) is 5.32 Å². The number of amides is 1. The molecular weight excluding hydrogens is 288 g/mol. The first kappa shape index (κ1) is 14.7. The molecule has 3 heterocycles. The molecule has 3 aliphatic heterocycles. The molecular formula is C15H20N2O3S. The lowest BCUT2D eigenvalue weighted by molar-refractivity contribution is -0.120. The Balaban J connectivity index is 1.68. The standard InChI is InChI=1S/C15H20N2O3S/c16-15(19)10-6-13-14(17-8-10)12(18)7-11(21-13)5-9-1-3-20-4-2-9/h6,8-9,11,14,17H,1-5,7H2,(H2,16,19). The SMILES string of the molecule is NC(=O)C1=CNC2C(=O)CC(CC3CCOCC3)SC2=C1. The van der Waals surface area contributed by atoms with Crippen molar-refractivity contribution in [3.05, 3.63) is 22.8 Å². The number of carbonyl (C=O) groups excluding carboxylic acids is 2. The molecule has 1 amide bonds. The second-order valence-corrected chi connectivity index (χ2v) is 7.19. The summed E-state index contributed by atoms with van der Waals surface area (Å²) in [6, 6.07) is -0.288. The Morgan fingerprint density at radius 2 is 2.19 bits per heavy atom. The molecule has 2 fully saturated rings. The molecule has 3 rings (SSSR count). The third-order valence-corrected chi connectivity index (χ3v) is 5.58. The van der Waals surface area contributed by atoms with E-state index in [0.29, 0.717) is 23.2 Å². The number of primary amides is 1. The number of hydrogen-bond donors (Lipinski definition) is 2. The van der Waals surface area contributed by atoms with Crippen molar-refractivity contribution in [1.29, 1.82) is 0 Å². The zero-order valence-corrected chi connectivity index (χ0v) is 12.7. The van der Waals surface area contributed by atoms with E-state index >= 15 is 0 Å². The summed E-state index contributed by atoms with van der Waals surface area (Å²) in [7, 11) is 0. The summed E-state index contributed by atoms with van der Waals surface area (Å²) in [6.07, 6.45) is 7.11. The molecule has 21 heavy (non-hydrogen) atoms. The van der Waals surface area contributed by atoms with E-state index in [9.17, 15) is 9.59 Å². The van der Waals surface area contributed by atoms with Crippen LogP contribution < -0.4 is 11.1 Å². The Morgan fingerprint density at radius 3 is 2.90 bits per heavy atom. The van der Waals surface area contributed by atoms with Crippen molar-refractivity contribution in [2.75, 3.05) is 13.2 Å². The normalized spacial score (nSPS) is 30.0. The van der Waals surface area contributed by atoms with Gasteiger partial charge in [0.2, 0.25) is 5.91 Å². The van der Waals surface area contributed by atoms with Gasteiger partial charge in [0.25, 0.3) is 0 Å². The van der Waals surface area contributed by atoms with Gasteiger partial charge in [0, 0.05) is 36.0 Å². The first-order valence-corrected chi connectivity index (χ1v) is 8.26. The van der Waals surface area contributed by atoms with Gasteiger partial charge in [0.15, 0.2) is 5.78 Å². The zero-order valence-electron chi connectivity index (χ0n) is 11.8. The molecule has 0 aromatic rings. The Bertz CT molecular complexity index is 509. The first-order chi connectivity index (χ1) is 10.1. The van der Waals surface area contributed by atoms with Gasteiger partial charge < -0.3 is 15.8 Å². The fourth-order valence-corrected chi connectivity index (χ4v) is 4.62. The predicted molar refractivity (Wildman–Crippen MR) is 81.4 cm³/mol. The Labute approximate surface area is 128 Å². The van der Waals surface area contributed by atoms with Crippen molar-refractivity contribution in [3.8, 4) is 0 Å². The Morgan fingerprint density at radius 1 is 1.43 bits per heavy atom. The van der Waals surface area contributed by atoms with E-state index in [-0.39, 0.29) is 11.8 Å². The van der Waals surface area contributed by atoms with Crippen LogP contribution in [0.5, 0.6) is 0 Å². The number of nitrogens with two attached hydrogens (primary N) is 1. The van der Waals surface area contributed by atoms with Crippen molar-refractivity contribution in [2.45, 2.75) is 37.0 Å². The minimum atomic E-state index is -0.465. The van der Waals surface area contributed by atoms with Crippen LogP contribution in [0.25, 0.3) is 0 Å². The molecule has 6 heteroatoms. The third-order valence-electron chi connectivity index (χ3n) is 4.26. The number of ether oxygens (including phenoxy) is 1. The molecule has 0 aliphatic carbocycles. The molecule has 0 aromatic heterocycles. The van der Waals surface area contributed by atoms with Gasteiger partial charge in [-0.3, -0.25) is 9.59 Å². The largest absolute Gasteiger partial charge is 0.381 e. The summed E-state index contributed by atoms with van der Waals surface area (Å²) in [4.78, 5) is 24.5. The highest BCUT2D eigenvalue weighted by Gasteiger charge is 2.35. The topological polar surface area (TPSA) is 81.4 Å². The van der Waals surface area contributed by atoms with E-state index in [1.165, 1.54) is 0 Å². The lowest BCUT2D eigenvalue weighted by Gasteiger charge is -2.34. The molecule has 3 aliphatic rings. The van der Waals surface area contributed by atoms with Gasteiger partial charge in [0.05, 0.1) is 5.57 Å². The van der Waals surface area contributed by atoms with Crippen LogP contribution in [0.1, 0.15) is 25.7 Å². The Hall–Kier alpha value is -1.27. The summed E-state index contributed by atoms with van der Waals surface area (Å²) >= 11 is 1.72. The van der Waals surface area contributed by atoms with Crippen LogP contribution in [-0.2, 0) is 14.3 Å². The molecule has 0 bridgehead atoms. The van der Waals surface area contributed by atoms with Gasteiger partial charge in [-0.1, -0.05) is 0 Å². The van der Waals surface area contributed by atoms with Crippen LogP contribution in [0.15, 0.2) is 22.8 Å². The van der Waals surface area contributed by atoms with Gasteiger partial charge in [-0.2, -0.15) is 0 Å². The maximum absolute atomic E-state index is 12.3. The summed E-state index contributed by atoms with van der Waals surface area (Å²) in [5.41, 5.74) is 5.75. The van der Waals surface area contributed by atoms with Crippen LogP contribution in [0.3, 0.4) is 0 Å². The minimum Gasteiger partial charge on any atom is -0.381 e. The number of fused-ring (bicyclic) bond motifs is 1. The Kier molecular flexibility index (Phi) is 4.35. The quantitative estimate of drug-likeness (QED) is 0.816. The molecule has 0 saturated carbocycles. The lowest BCUT2D eigenvalue weighted by atomic mass is 9.92. The van der Waals surface area contributed by atoms with Crippen molar-refractivity contribution in [3.63, 3.8) is 0 Å². The highest BCUT2D eigenvalue weighted by molar-refractivity contribution is 8.03. The zero-order chi connectivity index (χ0) is 14.8. The maximum Gasteiger partial charge on any atom is 0.250 e. The van der Waals surface area contributed by atoms with Crippen LogP contribution in [0.2, 0.25) is 0 Å². The molecule has 0 aromatic carbocycles. The summed E-state index contributed by atoms with van der Waals surface area (Å²) in [5, 5.41) is 3.31. The molecule has 114 valence electrons. The van der Waals surface area contributed by atoms with E-state index in [1.807, 2.05) is 0 Å². The number of rotatable bonds is 3. The molecule has 2 saturated heterocycles. The highest BCUT2D eigenvalue weighted by Crippen LogP contribution is 2.39. The van der Waals surface area contributed by atoms with Gasteiger partial charge in [-0.25, -0.2) is 0 Å². The predicted octanol–water partition coefficient (Wildman–Crippen LogP) is 1.10. The lowest BCUT2D eigenvalue weighted by Crippen LogP contribution is -2.42. The number of dihydropyridines is 1. The number of nitrogens with one attached hydrogen (secondary N) is 1. The fourth-order valence-electron chi connectivity index (χ4n) is 3.09. The van der Waals surface area contributed by atoms with E-state index in [2.05, 4.69) is 5.32 Å². The van der Waals surface area contributed by atoms with E-state index < -0.39 is 5.91 Å². The van der Waals surface area contributed by atoms with Crippen molar-refractivity contribution in [2.24, 2.45) is 11.7 Å². The number of Topliss-reactive ketones (excluding diaryl/α,β-unsaturated/α-hetero) is 1. The smallest absolute Gasteiger partial charge is 0.250 e. The fraction of sp³-hybridized carbons (Fsp3) is 0.600. The summed E-state index contributed by atoms with van der Waals surface area (Å²) in [6.45, 7) is 1.66. The summed E-state index contributed by atoms with van der Waals surface area (Å²) in [5.74, 6) is 0.383. The number of carbonyl (C=O) groups is 2. The van der Waals surface area contributed by atoms with Gasteiger partial charge >= 0.3 is 0 Å². The summed E-state index contributed by atoms with van der Waals surface area (Å²) < 4.78 is 5.38. The molecule has 0 spiro atoms. The first-order valence-electron chi connectivity index (χ1n) is 7.38. The van der Waals surface area contributed by atoms with E-state index in [1.54, 1.807) is 24.0 Å². The monoisotopic (exact) mass is 308 g/mol. The van der Waals surface area contributed by atoms with Crippen LogP contribution in [0.4, 0.5) is 0 Å². The molecule has 2 unspecified atom stereocenters. The average Bonchev–Trinajstić information content (AvgIpc) is 2.47. The molecule has 5 nitrogen and oxygen atoms in total. The van der Waals surface area contributed by atoms with Gasteiger partial charge in [-0.15, -0.1) is 11.8 Å². The highest BCUT2D eigenvalue weighted by atomic mass is 32.2. The molecule has 2 atom stereocenters. The van der Waals surface area contributed by atoms with Gasteiger partial charge in [-0.05, 0) is 31.3 Å². The van der Waals surface area contributed by atoms with E-state index in [4.69, 9.17) is 10.5 Å². The molecule has 3 N–H and O–H groups in total. The van der Waals surface area contributed by atoms with Gasteiger partial charge in [0.1, 0.15) is 6.04 Å². The van der Waals surface area contributed by atoms with Crippen LogP contribution in [0, 0.1) is 5.92 Å². The number of hydrogen-bond acceptors (Lipinski definition) is 5. The van der Waals surface area contributed by atoms with Crippen molar-refractivity contribution >= 4 is 23.5 Å². The van der Waals surface area contributed by atoms with Crippen molar-refractivity contribution < 1.29 is 14.3 Å². The average molecular weight is 308 g/mol. The molecule has 0 radical (unpaired) electrons. The number of ketones is 1.